The van der Waals surface area contributed by atoms with Crippen molar-refractivity contribution in [3.05, 3.63) is 71.3 Å². The van der Waals surface area contributed by atoms with Crippen molar-refractivity contribution in [1.82, 2.24) is 20.9 Å². The van der Waals surface area contributed by atoms with Gasteiger partial charge in [-0.1, -0.05) is 67.4 Å². The third kappa shape index (κ3) is 5.89. The van der Waals surface area contributed by atoms with E-state index in [2.05, 4.69) is 16.0 Å². The number of nitrogens with two attached hydrogens (primary N) is 1. The molecule has 212 valence electrons. The SMILES string of the molecule is CNC(=O)[C@@H]1Cc2ccccc2[C@@H]1NC(=O)[C@@H]1C[C@H](c2ccccc2)CN1C(=O)[C@H](CC1CC1)NC(=O)[C@H](C)N. The summed E-state index contributed by atoms with van der Waals surface area (Å²) in [6.45, 7) is 1.96. The number of carbonyl (C=O) groups excluding carboxylic acids is 4. The fourth-order valence-electron chi connectivity index (χ4n) is 6.16. The Labute approximate surface area is 235 Å². The molecule has 1 saturated carbocycles. The van der Waals surface area contributed by atoms with E-state index in [-0.39, 0.29) is 29.5 Å². The van der Waals surface area contributed by atoms with Gasteiger partial charge in [0.05, 0.1) is 18.0 Å². The first kappa shape index (κ1) is 27.8. The average Bonchev–Trinajstić information content (AvgIpc) is 3.55. The number of nitrogens with one attached hydrogen (secondary N) is 3. The fourth-order valence-corrected chi connectivity index (χ4v) is 6.16. The molecule has 6 atom stereocenters. The molecule has 5 N–H and O–H groups in total. The highest BCUT2D eigenvalue weighted by molar-refractivity contribution is 5.94. The third-order valence-corrected chi connectivity index (χ3v) is 8.57. The summed E-state index contributed by atoms with van der Waals surface area (Å²) in [7, 11) is 1.60. The van der Waals surface area contributed by atoms with Gasteiger partial charge in [0, 0.05) is 19.5 Å². The van der Waals surface area contributed by atoms with E-state index in [4.69, 9.17) is 5.73 Å². The van der Waals surface area contributed by atoms with Gasteiger partial charge < -0.3 is 26.6 Å². The van der Waals surface area contributed by atoms with Crippen LogP contribution in [0.5, 0.6) is 0 Å². The molecule has 3 aliphatic rings. The van der Waals surface area contributed by atoms with Crippen molar-refractivity contribution in [2.45, 2.75) is 69.1 Å². The Morgan fingerprint density at radius 1 is 1.00 bits per heavy atom. The molecular weight excluding hydrogens is 506 g/mol. The molecule has 2 aromatic carbocycles. The zero-order chi connectivity index (χ0) is 28.4. The van der Waals surface area contributed by atoms with Crippen LogP contribution < -0.4 is 21.7 Å². The van der Waals surface area contributed by atoms with Gasteiger partial charge in [0.1, 0.15) is 12.1 Å². The Morgan fingerprint density at radius 3 is 2.38 bits per heavy atom. The Hall–Kier alpha value is -3.72. The van der Waals surface area contributed by atoms with Crippen molar-refractivity contribution in [3.8, 4) is 0 Å². The zero-order valence-corrected chi connectivity index (χ0v) is 23.1. The molecule has 0 spiro atoms. The van der Waals surface area contributed by atoms with Crippen molar-refractivity contribution in [2.75, 3.05) is 13.6 Å². The predicted octanol–water partition coefficient (Wildman–Crippen LogP) is 1.78. The summed E-state index contributed by atoms with van der Waals surface area (Å²) >= 11 is 0. The van der Waals surface area contributed by atoms with Gasteiger partial charge in [-0.2, -0.15) is 0 Å². The van der Waals surface area contributed by atoms with Crippen molar-refractivity contribution in [3.63, 3.8) is 0 Å². The van der Waals surface area contributed by atoms with Crippen LogP contribution in [0.4, 0.5) is 0 Å². The molecule has 5 rings (SSSR count). The van der Waals surface area contributed by atoms with Crippen LogP contribution in [-0.2, 0) is 25.6 Å². The van der Waals surface area contributed by atoms with Crippen LogP contribution in [0.25, 0.3) is 0 Å². The van der Waals surface area contributed by atoms with Crippen molar-refractivity contribution < 1.29 is 19.2 Å². The van der Waals surface area contributed by atoms with E-state index in [1.54, 1.807) is 18.9 Å². The summed E-state index contributed by atoms with van der Waals surface area (Å²) in [4.78, 5) is 55.0. The van der Waals surface area contributed by atoms with Crippen LogP contribution >= 0.6 is 0 Å². The number of carbonyl (C=O) groups is 4. The smallest absolute Gasteiger partial charge is 0.245 e. The molecule has 9 nitrogen and oxygen atoms in total. The minimum Gasteiger partial charge on any atom is -0.359 e. The van der Waals surface area contributed by atoms with Gasteiger partial charge in [-0.05, 0) is 48.8 Å². The number of rotatable bonds is 9. The second-order valence-corrected chi connectivity index (χ2v) is 11.5. The van der Waals surface area contributed by atoms with E-state index in [0.29, 0.717) is 31.7 Å². The molecular formula is C31H39N5O4. The molecule has 9 heteroatoms. The van der Waals surface area contributed by atoms with Gasteiger partial charge in [-0.3, -0.25) is 19.2 Å². The number of amides is 4. The quantitative estimate of drug-likeness (QED) is 0.381. The Balaban J connectivity index is 1.42. The van der Waals surface area contributed by atoms with Crippen LogP contribution in [-0.4, -0.2) is 60.2 Å². The maximum atomic E-state index is 14.0. The first-order valence-corrected chi connectivity index (χ1v) is 14.3. The minimum atomic E-state index is -0.742. The van der Waals surface area contributed by atoms with E-state index in [1.165, 1.54) is 0 Å². The molecule has 0 aromatic heterocycles. The molecule has 0 radical (unpaired) electrons. The van der Waals surface area contributed by atoms with Gasteiger partial charge in [-0.25, -0.2) is 0 Å². The van der Waals surface area contributed by atoms with Crippen molar-refractivity contribution in [1.29, 1.82) is 0 Å². The highest BCUT2D eigenvalue weighted by atomic mass is 16.2. The summed E-state index contributed by atoms with van der Waals surface area (Å²) in [5, 5.41) is 8.73. The van der Waals surface area contributed by atoms with E-state index in [0.717, 1.165) is 29.5 Å². The van der Waals surface area contributed by atoms with Crippen LogP contribution in [0.3, 0.4) is 0 Å². The summed E-state index contributed by atoms with van der Waals surface area (Å²) in [6.07, 6.45) is 3.57. The maximum Gasteiger partial charge on any atom is 0.245 e. The Morgan fingerprint density at radius 2 is 1.70 bits per heavy atom. The average molecular weight is 546 g/mol. The number of likely N-dealkylation sites (tertiary alicyclic amines) is 1. The predicted molar refractivity (Wildman–Crippen MR) is 151 cm³/mol. The first-order valence-electron chi connectivity index (χ1n) is 14.3. The van der Waals surface area contributed by atoms with Crippen LogP contribution in [0.1, 0.15) is 61.3 Å². The zero-order valence-electron chi connectivity index (χ0n) is 23.1. The number of benzene rings is 2. The van der Waals surface area contributed by atoms with E-state index in [9.17, 15) is 19.2 Å². The molecule has 1 saturated heterocycles. The second kappa shape index (κ2) is 11.8. The van der Waals surface area contributed by atoms with Crippen molar-refractivity contribution >= 4 is 23.6 Å². The largest absolute Gasteiger partial charge is 0.359 e. The van der Waals surface area contributed by atoms with Crippen molar-refractivity contribution in [2.24, 2.45) is 17.6 Å². The van der Waals surface area contributed by atoms with E-state index in [1.807, 2.05) is 54.6 Å². The first-order chi connectivity index (χ1) is 19.3. The normalized spacial score (nSPS) is 25.0. The summed E-state index contributed by atoms with van der Waals surface area (Å²) < 4.78 is 0. The number of nitrogens with zero attached hydrogens (tertiary/aromatic N) is 1. The Bertz CT molecular complexity index is 1260. The number of hydrogen-bond donors (Lipinski definition) is 4. The van der Waals surface area contributed by atoms with E-state index < -0.39 is 30.1 Å². The van der Waals surface area contributed by atoms with Gasteiger partial charge in [0.25, 0.3) is 0 Å². The van der Waals surface area contributed by atoms with Gasteiger partial charge >= 0.3 is 0 Å². The van der Waals surface area contributed by atoms with E-state index >= 15 is 0 Å². The van der Waals surface area contributed by atoms with Crippen LogP contribution in [0, 0.1) is 11.8 Å². The molecule has 0 bridgehead atoms. The maximum absolute atomic E-state index is 14.0. The lowest BCUT2D eigenvalue weighted by atomic mass is 9.95. The standard InChI is InChI=1S/C31H39N5O4/c1-18(32)28(37)34-25(14-19-12-13-19)31(40)36-17-22(20-8-4-3-5-9-20)16-26(36)30(39)35-27-23-11-7-6-10-21(23)15-24(27)29(38)33-2/h3-11,18-19,22,24-27H,12-17,32H2,1-2H3,(H,33,38)(H,34,37)(H,35,39)/t18-,22-,24+,25-,26-,27-/m0/s1. The number of fused-ring (bicyclic) bond motifs is 1. The van der Waals surface area contributed by atoms with Gasteiger partial charge in [0.2, 0.25) is 23.6 Å². The lowest BCUT2D eigenvalue weighted by molar-refractivity contribution is -0.142. The van der Waals surface area contributed by atoms with Gasteiger partial charge in [-0.15, -0.1) is 0 Å². The highest BCUT2D eigenvalue weighted by Crippen LogP contribution is 2.39. The summed E-state index contributed by atoms with van der Waals surface area (Å²) in [5.41, 5.74) is 8.82. The fraction of sp³-hybridized carbons (Fsp3) is 0.484. The lowest BCUT2D eigenvalue weighted by Crippen LogP contribution is -2.56. The lowest BCUT2D eigenvalue weighted by Gasteiger charge is -2.30. The summed E-state index contributed by atoms with van der Waals surface area (Å²) in [5.74, 6) is -1.14. The molecule has 2 fully saturated rings. The molecule has 2 aliphatic carbocycles. The highest BCUT2D eigenvalue weighted by Gasteiger charge is 2.45. The molecule has 4 amide bonds. The second-order valence-electron chi connectivity index (χ2n) is 11.5. The molecule has 2 aromatic rings. The summed E-state index contributed by atoms with van der Waals surface area (Å²) in [6, 6.07) is 15.0. The van der Waals surface area contributed by atoms with Gasteiger partial charge in [0.15, 0.2) is 0 Å². The minimum absolute atomic E-state index is 0.0304. The molecule has 1 heterocycles. The topological polar surface area (TPSA) is 134 Å². The molecule has 1 aliphatic heterocycles. The third-order valence-electron chi connectivity index (χ3n) is 8.57. The number of hydrogen-bond acceptors (Lipinski definition) is 5. The van der Waals surface area contributed by atoms with Crippen LogP contribution in [0.15, 0.2) is 54.6 Å². The monoisotopic (exact) mass is 545 g/mol. The molecule has 40 heavy (non-hydrogen) atoms. The molecule has 0 unspecified atom stereocenters. The Kier molecular flexibility index (Phi) is 8.21. The van der Waals surface area contributed by atoms with Crippen LogP contribution in [0.2, 0.25) is 0 Å².